The number of rotatable bonds is 4. The topological polar surface area (TPSA) is 24.1 Å². The molecule has 1 fully saturated rings. The third-order valence-corrected chi connectivity index (χ3v) is 3.36. The Morgan fingerprint density at radius 2 is 2.50 bits per heavy atom. The lowest BCUT2D eigenvalue weighted by Gasteiger charge is -2.25. The minimum atomic E-state index is 0.716. The van der Waals surface area contributed by atoms with Crippen molar-refractivity contribution >= 4 is 11.8 Å². The highest BCUT2D eigenvalue weighted by atomic mass is 32.2. The van der Waals surface area contributed by atoms with Crippen molar-refractivity contribution in [3.63, 3.8) is 0 Å². The molecule has 3 heteroatoms. The first-order valence-corrected chi connectivity index (χ1v) is 6.08. The molecule has 2 N–H and O–H groups in total. The molecule has 0 amide bonds. The van der Waals surface area contributed by atoms with Crippen molar-refractivity contribution in [1.29, 1.82) is 0 Å². The first-order chi connectivity index (χ1) is 5.83. The normalized spacial score (nSPS) is 27.0. The smallest absolute Gasteiger partial charge is 0.0193 e. The summed E-state index contributed by atoms with van der Waals surface area (Å²) >= 11 is 1.93. The molecule has 1 aliphatic heterocycles. The quantitative estimate of drug-likeness (QED) is 0.690. The highest BCUT2D eigenvalue weighted by Crippen LogP contribution is 2.05. The average Bonchev–Trinajstić information content (AvgIpc) is 2.16. The number of hydrogen-bond donors (Lipinski definition) is 2. The number of thioether (sulfide) groups is 1. The second-order valence-electron chi connectivity index (χ2n) is 3.50. The van der Waals surface area contributed by atoms with Gasteiger partial charge in [0.25, 0.3) is 0 Å². The summed E-state index contributed by atoms with van der Waals surface area (Å²) in [5.41, 5.74) is 0. The molecule has 1 heterocycles. The van der Waals surface area contributed by atoms with Gasteiger partial charge in [-0.2, -0.15) is 11.8 Å². The third kappa shape index (κ3) is 3.78. The molecule has 2 atom stereocenters. The van der Waals surface area contributed by atoms with E-state index in [0.717, 1.165) is 18.3 Å². The van der Waals surface area contributed by atoms with Gasteiger partial charge in [-0.3, -0.25) is 0 Å². The van der Waals surface area contributed by atoms with Crippen molar-refractivity contribution in [2.45, 2.75) is 31.1 Å². The van der Waals surface area contributed by atoms with Crippen LogP contribution < -0.4 is 10.6 Å². The van der Waals surface area contributed by atoms with E-state index in [-0.39, 0.29) is 0 Å². The van der Waals surface area contributed by atoms with Crippen molar-refractivity contribution in [3.8, 4) is 0 Å². The van der Waals surface area contributed by atoms with Gasteiger partial charge in [-0.1, -0.05) is 6.92 Å². The largest absolute Gasteiger partial charge is 0.315 e. The standard InChI is InChI=1S/C9H20N2S/c1-8(12-2)6-11-9-4-3-5-10-7-9/h8-11H,3-7H2,1-2H3. The zero-order valence-electron chi connectivity index (χ0n) is 8.10. The molecule has 0 aromatic rings. The van der Waals surface area contributed by atoms with Crippen LogP contribution in [0.1, 0.15) is 19.8 Å². The van der Waals surface area contributed by atoms with Crippen molar-refractivity contribution in [3.05, 3.63) is 0 Å². The van der Waals surface area contributed by atoms with Crippen LogP contribution in [0.5, 0.6) is 0 Å². The van der Waals surface area contributed by atoms with E-state index in [9.17, 15) is 0 Å². The highest BCUT2D eigenvalue weighted by molar-refractivity contribution is 7.99. The lowest BCUT2D eigenvalue weighted by molar-refractivity contribution is 0.392. The Balaban J connectivity index is 2.05. The number of piperidine rings is 1. The van der Waals surface area contributed by atoms with Crippen LogP contribution in [0.25, 0.3) is 0 Å². The fourth-order valence-corrected chi connectivity index (χ4v) is 1.70. The molecular formula is C9H20N2S. The maximum Gasteiger partial charge on any atom is 0.0193 e. The van der Waals surface area contributed by atoms with E-state index in [4.69, 9.17) is 0 Å². The van der Waals surface area contributed by atoms with Crippen molar-refractivity contribution in [2.75, 3.05) is 25.9 Å². The van der Waals surface area contributed by atoms with Gasteiger partial charge in [0.1, 0.15) is 0 Å². The van der Waals surface area contributed by atoms with Crippen LogP contribution in [0, 0.1) is 0 Å². The highest BCUT2D eigenvalue weighted by Gasteiger charge is 2.12. The van der Waals surface area contributed by atoms with E-state index in [1.165, 1.54) is 19.4 Å². The Bertz CT molecular complexity index is 113. The predicted molar refractivity (Wildman–Crippen MR) is 56.9 cm³/mol. The van der Waals surface area contributed by atoms with Crippen LogP contribution in [0.4, 0.5) is 0 Å². The van der Waals surface area contributed by atoms with E-state index in [1.807, 2.05) is 11.8 Å². The molecule has 0 spiro atoms. The number of nitrogens with one attached hydrogen (secondary N) is 2. The summed E-state index contributed by atoms with van der Waals surface area (Å²) in [5, 5.41) is 7.74. The molecule has 72 valence electrons. The van der Waals surface area contributed by atoms with Crippen molar-refractivity contribution < 1.29 is 0 Å². The molecular weight excluding hydrogens is 168 g/mol. The summed E-state index contributed by atoms with van der Waals surface area (Å²) in [6.07, 6.45) is 4.84. The molecule has 2 nitrogen and oxygen atoms in total. The summed E-state index contributed by atoms with van der Waals surface area (Å²) < 4.78 is 0. The van der Waals surface area contributed by atoms with Crippen LogP contribution in [0.2, 0.25) is 0 Å². The summed E-state index contributed by atoms with van der Waals surface area (Å²) in [5.74, 6) is 0. The van der Waals surface area contributed by atoms with Crippen LogP contribution in [0.3, 0.4) is 0 Å². The molecule has 0 radical (unpaired) electrons. The van der Waals surface area contributed by atoms with Gasteiger partial charge in [-0.25, -0.2) is 0 Å². The van der Waals surface area contributed by atoms with Crippen molar-refractivity contribution in [2.24, 2.45) is 0 Å². The molecule has 1 rings (SSSR count). The first kappa shape index (κ1) is 10.4. The Hall–Kier alpha value is 0.270. The van der Waals surface area contributed by atoms with Gasteiger partial charge in [-0.05, 0) is 25.6 Å². The van der Waals surface area contributed by atoms with Crippen LogP contribution in [0.15, 0.2) is 0 Å². The van der Waals surface area contributed by atoms with Crippen LogP contribution in [-0.2, 0) is 0 Å². The van der Waals surface area contributed by atoms with E-state index in [1.54, 1.807) is 0 Å². The van der Waals surface area contributed by atoms with E-state index < -0.39 is 0 Å². The van der Waals surface area contributed by atoms with Gasteiger partial charge < -0.3 is 10.6 Å². The predicted octanol–water partition coefficient (Wildman–Crippen LogP) is 1.08. The van der Waals surface area contributed by atoms with Gasteiger partial charge in [-0.15, -0.1) is 0 Å². The molecule has 12 heavy (non-hydrogen) atoms. The first-order valence-electron chi connectivity index (χ1n) is 4.80. The summed E-state index contributed by atoms with van der Waals surface area (Å²) in [6, 6.07) is 0.716. The minimum Gasteiger partial charge on any atom is -0.315 e. The fourth-order valence-electron chi connectivity index (χ4n) is 1.44. The lowest BCUT2D eigenvalue weighted by atomic mass is 10.1. The molecule has 0 saturated carbocycles. The minimum absolute atomic E-state index is 0.716. The average molecular weight is 188 g/mol. The maximum absolute atomic E-state index is 3.59. The molecule has 0 aromatic heterocycles. The molecule has 1 saturated heterocycles. The van der Waals surface area contributed by atoms with E-state index >= 15 is 0 Å². The maximum atomic E-state index is 3.59. The molecule has 0 bridgehead atoms. The summed E-state index contributed by atoms with van der Waals surface area (Å²) in [4.78, 5) is 0. The van der Waals surface area contributed by atoms with E-state index in [0.29, 0.717) is 6.04 Å². The Kier molecular flexibility index (Phi) is 5.04. The van der Waals surface area contributed by atoms with Crippen LogP contribution in [-0.4, -0.2) is 37.2 Å². The van der Waals surface area contributed by atoms with Gasteiger partial charge in [0, 0.05) is 24.4 Å². The fraction of sp³-hybridized carbons (Fsp3) is 1.00. The summed E-state index contributed by atoms with van der Waals surface area (Å²) in [6.45, 7) is 5.78. The van der Waals surface area contributed by atoms with Gasteiger partial charge in [0.2, 0.25) is 0 Å². The zero-order valence-corrected chi connectivity index (χ0v) is 8.91. The Labute approximate surface area is 79.9 Å². The lowest BCUT2D eigenvalue weighted by Crippen LogP contribution is -2.44. The Morgan fingerprint density at radius 3 is 3.08 bits per heavy atom. The van der Waals surface area contributed by atoms with Crippen LogP contribution >= 0.6 is 11.8 Å². The zero-order chi connectivity index (χ0) is 8.81. The SMILES string of the molecule is CSC(C)CNC1CCCNC1. The van der Waals surface area contributed by atoms with Gasteiger partial charge in [0.15, 0.2) is 0 Å². The second kappa shape index (κ2) is 5.84. The third-order valence-electron chi connectivity index (χ3n) is 2.39. The molecule has 2 unspecified atom stereocenters. The Morgan fingerprint density at radius 1 is 1.67 bits per heavy atom. The molecule has 0 aliphatic carbocycles. The van der Waals surface area contributed by atoms with Gasteiger partial charge >= 0.3 is 0 Å². The van der Waals surface area contributed by atoms with Gasteiger partial charge in [0.05, 0.1) is 0 Å². The monoisotopic (exact) mass is 188 g/mol. The molecule has 1 aliphatic rings. The van der Waals surface area contributed by atoms with Crippen molar-refractivity contribution in [1.82, 2.24) is 10.6 Å². The number of hydrogen-bond acceptors (Lipinski definition) is 3. The summed E-state index contributed by atoms with van der Waals surface area (Å²) in [7, 11) is 0. The molecule has 0 aromatic carbocycles. The second-order valence-corrected chi connectivity index (χ2v) is 4.77. The van der Waals surface area contributed by atoms with E-state index in [2.05, 4.69) is 23.8 Å².